The summed E-state index contributed by atoms with van der Waals surface area (Å²) in [6.45, 7) is 2.00. The molecule has 3 rings (SSSR count). The number of rotatable bonds is 6. The lowest BCUT2D eigenvalue weighted by molar-refractivity contribution is -0.136. The molecular weight excluding hydrogens is 284 g/mol. The summed E-state index contributed by atoms with van der Waals surface area (Å²) in [4.78, 5) is 29.5. The molecule has 0 aromatic carbocycles. The van der Waals surface area contributed by atoms with Crippen LogP contribution in [0.4, 0.5) is 0 Å². The van der Waals surface area contributed by atoms with Crippen molar-refractivity contribution in [3.8, 4) is 0 Å². The predicted molar refractivity (Wildman–Crippen MR) is 77.6 cm³/mol. The third-order valence-corrected chi connectivity index (χ3v) is 3.51. The second-order valence-electron chi connectivity index (χ2n) is 5.12. The van der Waals surface area contributed by atoms with Crippen LogP contribution in [0.25, 0.3) is 0 Å². The molecule has 0 fully saturated rings. The molecule has 6 nitrogen and oxygen atoms in total. The minimum atomic E-state index is -0.297. The first-order valence-electron chi connectivity index (χ1n) is 7.07. The summed E-state index contributed by atoms with van der Waals surface area (Å²) in [5.41, 5.74) is 2.10. The summed E-state index contributed by atoms with van der Waals surface area (Å²) in [7, 11) is 0. The Kier molecular flexibility index (Phi) is 4.29. The SMILES string of the molecule is O=C1OCC=C1CN(CC1=CCOC1=O)Cc1ccccn1. The van der Waals surface area contributed by atoms with Crippen LogP contribution in [0.2, 0.25) is 0 Å². The number of ether oxygens (including phenoxy) is 2. The van der Waals surface area contributed by atoms with Crippen LogP contribution in [-0.4, -0.2) is 48.1 Å². The third-order valence-electron chi connectivity index (χ3n) is 3.51. The molecular formula is C16H16N2O4. The Labute approximate surface area is 128 Å². The molecule has 114 valence electrons. The molecule has 6 heteroatoms. The molecule has 0 N–H and O–H groups in total. The Bertz CT molecular complexity index is 601. The van der Waals surface area contributed by atoms with Crippen LogP contribution < -0.4 is 0 Å². The summed E-state index contributed by atoms with van der Waals surface area (Å²) in [6, 6.07) is 5.67. The molecule has 0 radical (unpaired) electrons. The van der Waals surface area contributed by atoms with Crippen molar-refractivity contribution in [2.75, 3.05) is 26.3 Å². The van der Waals surface area contributed by atoms with Gasteiger partial charge in [0, 0.05) is 25.8 Å². The lowest BCUT2D eigenvalue weighted by Gasteiger charge is -2.21. The number of esters is 2. The van der Waals surface area contributed by atoms with Crippen LogP contribution in [0, 0.1) is 0 Å². The van der Waals surface area contributed by atoms with E-state index in [9.17, 15) is 9.59 Å². The van der Waals surface area contributed by atoms with E-state index in [-0.39, 0.29) is 11.9 Å². The highest BCUT2D eigenvalue weighted by Gasteiger charge is 2.24. The van der Waals surface area contributed by atoms with Gasteiger partial charge in [-0.15, -0.1) is 0 Å². The van der Waals surface area contributed by atoms with Gasteiger partial charge in [0.25, 0.3) is 0 Å². The molecule has 1 aromatic rings. The van der Waals surface area contributed by atoms with Crippen LogP contribution in [0.1, 0.15) is 5.69 Å². The largest absolute Gasteiger partial charge is 0.458 e. The van der Waals surface area contributed by atoms with Crippen molar-refractivity contribution in [3.63, 3.8) is 0 Å². The van der Waals surface area contributed by atoms with E-state index in [4.69, 9.17) is 9.47 Å². The molecule has 0 bridgehead atoms. The van der Waals surface area contributed by atoms with Gasteiger partial charge in [-0.3, -0.25) is 9.88 Å². The van der Waals surface area contributed by atoms with Crippen molar-refractivity contribution in [1.82, 2.24) is 9.88 Å². The fourth-order valence-electron chi connectivity index (χ4n) is 2.42. The molecule has 0 atom stereocenters. The first kappa shape index (κ1) is 14.5. The Hall–Kier alpha value is -2.47. The zero-order chi connectivity index (χ0) is 15.4. The van der Waals surface area contributed by atoms with Crippen molar-refractivity contribution < 1.29 is 19.1 Å². The molecule has 0 aliphatic carbocycles. The maximum atomic E-state index is 11.6. The first-order chi connectivity index (χ1) is 10.7. The van der Waals surface area contributed by atoms with Gasteiger partial charge in [0.2, 0.25) is 0 Å². The number of hydrogen-bond acceptors (Lipinski definition) is 6. The van der Waals surface area contributed by atoms with Crippen molar-refractivity contribution in [1.29, 1.82) is 0 Å². The van der Waals surface area contributed by atoms with Gasteiger partial charge in [-0.1, -0.05) is 6.07 Å². The van der Waals surface area contributed by atoms with Gasteiger partial charge in [-0.25, -0.2) is 9.59 Å². The van der Waals surface area contributed by atoms with E-state index in [2.05, 4.69) is 4.98 Å². The highest BCUT2D eigenvalue weighted by atomic mass is 16.5. The van der Waals surface area contributed by atoms with Crippen molar-refractivity contribution >= 4 is 11.9 Å². The minimum absolute atomic E-state index is 0.297. The average Bonchev–Trinajstić information content (AvgIpc) is 3.10. The maximum Gasteiger partial charge on any atom is 0.335 e. The molecule has 0 spiro atoms. The van der Waals surface area contributed by atoms with E-state index in [1.165, 1.54) is 0 Å². The van der Waals surface area contributed by atoms with Gasteiger partial charge < -0.3 is 9.47 Å². The van der Waals surface area contributed by atoms with Gasteiger partial charge >= 0.3 is 11.9 Å². The van der Waals surface area contributed by atoms with Gasteiger partial charge in [-0.05, 0) is 24.3 Å². The normalized spacial score (nSPS) is 17.3. The smallest absolute Gasteiger partial charge is 0.335 e. The van der Waals surface area contributed by atoms with Crippen LogP contribution in [0.3, 0.4) is 0 Å². The van der Waals surface area contributed by atoms with Crippen LogP contribution >= 0.6 is 0 Å². The zero-order valence-corrected chi connectivity index (χ0v) is 12.0. The molecule has 0 saturated heterocycles. The van der Waals surface area contributed by atoms with E-state index < -0.39 is 0 Å². The molecule has 1 aromatic heterocycles. The van der Waals surface area contributed by atoms with Crippen LogP contribution in [0.15, 0.2) is 47.7 Å². The number of aromatic nitrogens is 1. The van der Waals surface area contributed by atoms with Gasteiger partial charge in [0.05, 0.1) is 16.8 Å². The Morgan fingerprint density at radius 3 is 2.05 bits per heavy atom. The predicted octanol–water partition coefficient (Wildman–Crippen LogP) is 0.850. The van der Waals surface area contributed by atoms with E-state index in [1.807, 2.05) is 23.1 Å². The van der Waals surface area contributed by atoms with Crippen LogP contribution in [0.5, 0.6) is 0 Å². The summed E-state index contributed by atoms with van der Waals surface area (Å²) in [5.74, 6) is -0.594. The van der Waals surface area contributed by atoms with Crippen molar-refractivity contribution in [2.45, 2.75) is 6.54 Å². The lowest BCUT2D eigenvalue weighted by atomic mass is 10.2. The van der Waals surface area contributed by atoms with E-state index in [0.717, 1.165) is 5.69 Å². The molecule has 2 aliphatic rings. The second-order valence-corrected chi connectivity index (χ2v) is 5.12. The van der Waals surface area contributed by atoms with Gasteiger partial charge in [0.1, 0.15) is 13.2 Å². The quantitative estimate of drug-likeness (QED) is 0.726. The summed E-state index contributed by atoms with van der Waals surface area (Å²) in [6.07, 6.45) is 5.27. The maximum absolute atomic E-state index is 11.6. The number of nitrogens with zero attached hydrogens (tertiary/aromatic N) is 2. The number of cyclic esters (lactones) is 2. The number of pyridine rings is 1. The molecule has 2 aliphatic heterocycles. The molecule has 0 amide bonds. The van der Waals surface area contributed by atoms with E-state index >= 15 is 0 Å². The summed E-state index contributed by atoms with van der Waals surface area (Å²) >= 11 is 0. The second kappa shape index (κ2) is 6.53. The standard InChI is InChI=1S/C16H16N2O4/c19-15-12(4-7-21-15)9-18(10-13-5-8-22-16(13)20)11-14-3-1-2-6-17-14/h1-6H,7-11H2. The van der Waals surface area contributed by atoms with Gasteiger partial charge in [-0.2, -0.15) is 0 Å². The fourth-order valence-corrected chi connectivity index (χ4v) is 2.42. The molecule has 0 saturated carbocycles. The highest BCUT2D eigenvalue weighted by molar-refractivity contribution is 5.91. The average molecular weight is 300 g/mol. The lowest BCUT2D eigenvalue weighted by Crippen LogP contribution is -2.30. The summed E-state index contributed by atoms with van der Waals surface area (Å²) < 4.78 is 9.86. The number of carbonyl (C=O) groups is 2. The third kappa shape index (κ3) is 3.40. The van der Waals surface area contributed by atoms with Crippen LogP contribution in [-0.2, 0) is 25.6 Å². The topological polar surface area (TPSA) is 68.7 Å². The highest BCUT2D eigenvalue weighted by Crippen LogP contribution is 2.15. The zero-order valence-electron chi connectivity index (χ0n) is 12.0. The Morgan fingerprint density at radius 1 is 0.955 bits per heavy atom. The molecule has 22 heavy (non-hydrogen) atoms. The number of hydrogen-bond donors (Lipinski definition) is 0. The molecule has 3 heterocycles. The minimum Gasteiger partial charge on any atom is -0.458 e. The van der Waals surface area contributed by atoms with E-state index in [1.54, 1.807) is 18.3 Å². The van der Waals surface area contributed by atoms with Gasteiger partial charge in [0.15, 0.2) is 0 Å². The van der Waals surface area contributed by atoms with Crippen molar-refractivity contribution in [2.24, 2.45) is 0 Å². The Balaban J connectivity index is 1.72. The number of carbonyl (C=O) groups excluding carboxylic acids is 2. The van der Waals surface area contributed by atoms with E-state index in [0.29, 0.717) is 44.0 Å². The molecule has 0 unspecified atom stereocenters. The first-order valence-corrected chi connectivity index (χ1v) is 7.07. The van der Waals surface area contributed by atoms with Crippen molar-refractivity contribution in [3.05, 3.63) is 53.4 Å². The monoisotopic (exact) mass is 300 g/mol. The Morgan fingerprint density at radius 2 is 1.59 bits per heavy atom. The fraction of sp³-hybridized carbons (Fsp3) is 0.312. The summed E-state index contributed by atoms with van der Waals surface area (Å²) in [5, 5.41) is 0.